The third-order valence-corrected chi connectivity index (χ3v) is 9.97. The van der Waals surface area contributed by atoms with Crippen molar-refractivity contribution in [2.45, 2.75) is 19.3 Å². The highest BCUT2D eigenvalue weighted by molar-refractivity contribution is 6.15. The van der Waals surface area contributed by atoms with Crippen LogP contribution in [0, 0.1) is 0 Å². The summed E-state index contributed by atoms with van der Waals surface area (Å²) in [6.07, 6.45) is 3.07. The Labute approximate surface area is 281 Å². The van der Waals surface area contributed by atoms with Crippen molar-refractivity contribution >= 4 is 43.4 Å². The smallest absolute Gasteiger partial charge is 0.0573 e. The van der Waals surface area contributed by atoms with Crippen LogP contribution >= 0.6 is 0 Å². The minimum absolute atomic E-state index is 1.00. The van der Waals surface area contributed by atoms with E-state index in [0.717, 1.165) is 19.3 Å². The van der Waals surface area contributed by atoms with Crippen molar-refractivity contribution in [1.82, 2.24) is 4.57 Å². The minimum atomic E-state index is 1.00. The Morgan fingerprint density at radius 1 is 0.375 bits per heavy atom. The van der Waals surface area contributed by atoms with Gasteiger partial charge in [0.2, 0.25) is 0 Å². The number of hydrogen-bond donors (Lipinski definition) is 0. The number of para-hydroxylation sites is 3. The first-order valence-electron chi connectivity index (χ1n) is 17.0. The first-order valence-corrected chi connectivity index (χ1v) is 17.0. The van der Waals surface area contributed by atoms with Gasteiger partial charge in [-0.1, -0.05) is 152 Å². The van der Waals surface area contributed by atoms with Crippen LogP contribution in [0.2, 0.25) is 0 Å². The van der Waals surface area contributed by atoms with Crippen LogP contribution in [0.15, 0.2) is 176 Å². The molecule has 0 saturated carbocycles. The van der Waals surface area contributed by atoms with E-state index in [-0.39, 0.29) is 0 Å². The second-order valence-electron chi connectivity index (χ2n) is 12.7. The molecule has 0 spiro atoms. The van der Waals surface area contributed by atoms with E-state index in [1.165, 1.54) is 82.4 Å². The summed E-state index contributed by atoms with van der Waals surface area (Å²) < 4.78 is 2.46. The van der Waals surface area contributed by atoms with Crippen molar-refractivity contribution in [2.24, 2.45) is 0 Å². The molecule has 0 aliphatic carbocycles. The number of aromatic nitrogens is 1. The lowest BCUT2D eigenvalue weighted by Crippen LogP contribution is -1.99. The molecule has 0 N–H and O–H groups in total. The van der Waals surface area contributed by atoms with Crippen LogP contribution in [-0.4, -0.2) is 4.57 Å². The molecule has 9 rings (SSSR count). The molecule has 0 aliphatic rings. The molecule has 0 amide bonds. The highest BCUT2D eigenvalue weighted by Crippen LogP contribution is 2.41. The van der Waals surface area contributed by atoms with E-state index in [1.807, 2.05) is 0 Å². The molecule has 0 fully saturated rings. The highest BCUT2D eigenvalue weighted by Gasteiger charge is 2.18. The first kappa shape index (κ1) is 28.3. The number of fused-ring (bicyclic) bond motifs is 5. The van der Waals surface area contributed by atoms with Crippen molar-refractivity contribution in [3.05, 3.63) is 187 Å². The van der Waals surface area contributed by atoms with Gasteiger partial charge in [-0.2, -0.15) is 0 Å². The molecule has 0 bridgehead atoms. The van der Waals surface area contributed by atoms with Gasteiger partial charge >= 0.3 is 0 Å². The largest absolute Gasteiger partial charge is 0.309 e. The molecule has 48 heavy (non-hydrogen) atoms. The van der Waals surface area contributed by atoms with Gasteiger partial charge in [-0.15, -0.1) is 0 Å². The first-order chi connectivity index (χ1) is 23.8. The lowest BCUT2D eigenvalue weighted by Gasteiger charge is -2.18. The van der Waals surface area contributed by atoms with Gasteiger partial charge in [0.1, 0.15) is 0 Å². The van der Waals surface area contributed by atoms with E-state index < -0.39 is 0 Å². The lowest BCUT2D eigenvalue weighted by molar-refractivity contribution is 0.831. The second-order valence-corrected chi connectivity index (χ2v) is 12.7. The van der Waals surface area contributed by atoms with Crippen LogP contribution in [0.4, 0.5) is 0 Å². The summed E-state index contributed by atoms with van der Waals surface area (Å²) in [4.78, 5) is 0. The van der Waals surface area contributed by atoms with Gasteiger partial charge in [-0.3, -0.25) is 0 Å². The summed E-state index contributed by atoms with van der Waals surface area (Å²) in [6, 6.07) is 64.3. The van der Waals surface area contributed by atoms with E-state index in [0.29, 0.717) is 0 Å². The van der Waals surface area contributed by atoms with E-state index in [9.17, 15) is 0 Å². The molecule has 1 heterocycles. The van der Waals surface area contributed by atoms with Crippen LogP contribution < -0.4 is 0 Å². The summed E-state index contributed by atoms with van der Waals surface area (Å²) >= 11 is 0. The van der Waals surface area contributed by atoms with Crippen molar-refractivity contribution < 1.29 is 0 Å². The van der Waals surface area contributed by atoms with Crippen LogP contribution in [0.3, 0.4) is 0 Å². The summed E-state index contributed by atoms with van der Waals surface area (Å²) in [5.74, 6) is 0. The molecule has 0 radical (unpaired) electrons. The maximum Gasteiger partial charge on any atom is 0.0573 e. The number of rotatable bonds is 7. The van der Waals surface area contributed by atoms with Crippen LogP contribution in [0.25, 0.3) is 71.3 Å². The average molecular weight is 614 g/mol. The van der Waals surface area contributed by atoms with Gasteiger partial charge in [0.05, 0.1) is 11.0 Å². The number of hydrogen-bond acceptors (Lipinski definition) is 0. The minimum Gasteiger partial charge on any atom is -0.309 e. The molecule has 228 valence electrons. The summed E-state index contributed by atoms with van der Waals surface area (Å²) in [6.45, 7) is 0. The maximum absolute atomic E-state index is 2.46. The van der Waals surface area contributed by atoms with Gasteiger partial charge in [-0.25, -0.2) is 0 Å². The third kappa shape index (κ3) is 4.79. The lowest BCUT2D eigenvalue weighted by atomic mass is 9.86. The van der Waals surface area contributed by atoms with Gasteiger partial charge < -0.3 is 4.57 Å². The fourth-order valence-corrected chi connectivity index (χ4v) is 7.88. The topological polar surface area (TPSA) is 4.93 Å². The zero-order valence-electron chi connectivity index (χ0n) is 26.8. The Morgan fingerprint density at radius 3 is 1.65 bits per heavy atom. The highest BCUT2D eigenvalue weighted by atomic mass is 15.0. The molecule has 0 atom stereocenters. The summed E-state index contributed by atoms with van der Waals surface area (Å²) in [5.41, 5.74) is 11.7. The molecule has 0 aliphatic heterocycles. The number of benzene rings is 8. The molecule has 9 aromatic rings. The quantitative estimate of drug-likeness (QED) is 0.158. The fourth-order valence-electron chi connectivity index (χ4n) is 7.88. The number of nitrogens with zero attached hydrogens (tertiary/aromatic N) is 1. The molecule has 0 unspecified atom stereocenters. The Kier molecular flexibility index (Phi) is 7.09. The Hall–Kier alpha value is -5.92. The van der Waals surface area contributed by atoms with E-state index in [2.05, 4.69) is 180 Å². The van der Waals surface area contributed by atoms with Crippen LogP contribution in [0.5, 0.6) is 0 Å². The fraction of sp³-hybridized carbons (Fsp3) is 0.0638. The van der Waals surface area contributed by atoms with Crippen molar-refractivity contribution in [2.75, 3.05) is 0 Å². The standard InChI is InChI=1S/C47H35N/c1-3-16-33(17-4-1)35-20-13-21-36(32-35)46-42-27-9-7-24-39(42)38(40-25-8-10-28-43(40)46)29-14-18-34-19-15-30-44-41-26-11-12-31-45(41)48(47(34)44)37-22-5-2-6-23-37/h1-13,15-17,19-28,30-32H,14,18,29H2. The van der Waals surface area contributed by atoms with Crippen molar-refractivity contribution in [1.29, 1.82) is 0 Å². The predicted octanol–water partition coefficient (Wildman–Crippen LogP) is 12.6. The van der Waals surface area contributed by atoms with Crippen LogP contribution in [-0.2, 0) is 12.8 Å². The Bertz CT molecular complexity index is 2520. The predicted molar refractivity (Wildman–Crippen MR) is 205 cm³/mol. The average Bonchev–Trinajstić information content (AvgIpc) is 3.50. The monoisotopic (exact) mass is 613 g/mol. The summed E-state index contributed by atoms with van der Waals surface area (Å²) in [7, 11) is 0. The molecule has 0 saturated heterocycles. The molecule has 1 heteroatoms. The Balaban J connectivity index is 1.14. The molecule has 1 aromatic heterocycles. The molecular formula is C47H35N. The maximum atomic E-state index is 2.46. The van der Waals surface area contributed by atoms with E-state index >= 15 is 0 Å². The second kappa shape index (κ2) is 12.0. The SMILES string of the molecule is c1ccc(-c2cccc(-c3c4ccccc4c(CCCc4cccc5c6ccccc6n(-c6ccccc6)c45)c4ccccc34)c2)cc1. The Morgan fingerprint density at radius 2 is 0.917 bits per heavy atom. The zero-order valence-corrected chi connectivity index (χ0v) is 26.8. The normalized spacial score (nSPS) is 11.6. The van der Waals surface area contributed by atoms with Gasteiger partial charge in [-0.05, 0) is 98.5 Å². The third-order valence-electron chi connectivity index (χ3n) is 9.97. The summed E-state index contributed by atoms with van der Waals surface area (Å²) in [5, 5.41) is 7.98. The molecular weight excluding hydrogens is 579 g/mol. The number of aryl methyl sites for hydroxylation is 2. The van der Waals surface area contributed by atoms with E-state index in [4.69, 9.17) is 0 Å². The van der Waals surface area contributed by atoms with Crippen molar-refractivity contribution in [3.8, 4) is 27.9 Å². The van der Waals surface area contributed by atoms with Gasteiger partial charge in [0.15, 0.2) is 0 Å². The molecule has 1 nitrogen and oxygen atoms in total. The molecule has 8 aromatic carbocycles. The van der Waals surface area contributed by atoms with Crippen molar-refractivity contribution in [3.63, 3.8) is 0 Å². The van der Waals surface area contributed by atoms with E-state index in [1.54, 1.807) is 0 Å². The van der Waals surface area contributed by atoms with Gasteiger partial charge in [0, 0.05) is 16.5 Å². The van der Waals surface area contributed by atoms with Gasteiger partial charge in [0.25, 0.3) is 0 Å². The zero-order chi connectivity index (χ0) is 31.9. The van der Waals surface area contributed by atoms with Crippen LogP contribution in [0.1, 0.15) is 17.5 Å².